The largest absolute Gasteiger partial charge is 0.383 e. The zero-order valence-corrected chi connectivity index (χ0v) is 7.68. The van der Waals surface area contributed by atoms with Gasteiger partial charge in [0.1, 0.15) is 0 Å². The molecule has 0 radical (unpaired) electrons. The molecule has 0 spiro atoms. The van der Waals surface area contributed by atoms with Crippen LogP contribution in [0.5, 0.6) is 0 Å². The van der Waals surface area contributed by atoms with E-state index in [1.54, 1.807) is 0 Å². The van der Waals surface area contributed by atoms with Crippen molar-refractivity contribution in [3.63, 3.8) is 0 Å². The van der Waals surface area contributed by atoms with E-state index in [9.17, 15) is 4.79 Å². The van der Waals surface area contributed by atoms with Gasteiger partial charge in [-0.3, -0.25) is 4.79 Å². The van der Waals surface area contributed by atoms with Gasteiger partial charge in [0.15, 0.2) is 0 Å². The second-order valence-corrected chi connectivity index (χ2v) is 3.24. The Bertz CT molecular complexity index is 370. The van der Waals surface area contributed by atoms with E-state index in [4.69, 9.17) is 0 Å². The Balaban J connectivity index is 2.59. The molecule has 0 aromatic carbocycles. The molecule has 0 atom stereocenters. The monoisotopic (exact) mass is 179 g/mol. The normalized spacial score (nSPS) is 14.8. The first-order valence-corrected chi connectivity index (χ1v) is 4.67. The van der Waals surface area contributed by atoms with E-state index < -0.39 is 0 Å². The third-order valence-electron chi connectivity index (χ3n) is 2.40. The number of hydrogen-bond acceptors (Lipinski definition) is 3. The van der Waals surface area contributed by atoms with Gasteiger partial charge in [0.2, 0.25) is 0 Å². The Morgan fingerprint density at radius 3 is 3.15 bits per heavy atom. The average Bonchev–Trinajstić information content (AvgIpc) is 2.19. The average molecular weight is 179 g/mol. The van der Waals surface area contributed by atoms with Crippen molar-refractivity contribution >= 4 is 5.69 Å². The molecule has 1 aromatic rings. The Morgan fingerprint density at radius 2 is 2.38 bits per heavy atom. The van der Waals surface area contributed by atoms with Gasteiger partial charge in [-0.2, -0.15) is 5.10 Å². The minimum absolute atomic E-state index is 0.0422. The fraction of sp³-hybridized carbons (Fsp3) is 0.556. The van der Waals surface area contributed by atoms with Crippen LogP contribution in [0.15, 0.2) is 4.79 Å². The number of H-pyrrole nitrogens is 1. The molecule has 0 aliphatic carbocycles. The van der Waals surface area contributed by atoms with E-state index in [-0.39, 0.29) is 5.56 Å². The molecule has 13 heavy (non-hydrogen) atoms. The second kappa shape index (κ2) is 3.20. The first-order chi connectivity index (χ1) is 6.33. The molecule has 0 saturated heterocycles. The summed E-state index contributed by atoms with van der Waals surface area (Å²) >= 11 is 0. The Labute approximate surface area is 76.4 Å². The van der Waals surface area contributed by atoms with E-state index in [0.29, 0.717) is 0 Å². The molecule has 2 rings (SSSR count). The van der Waals surface area contributed by atoms with Crippen LogP contribution in [-0.4, -0.2) is 16.7 Å². The molecule has 2 N–H and O–H groups in total. The molecule has 0 amide bonds. The highest BCUT2D eigenvalue weighted by Gasteiger charge is 2.15. The lowest BCUT2D eigenvalue weighted by molar-refractivity contribution is 0.776. The molecule has 4 heteroatoms. The molecule has 0 saturated carbocycles. The van der Waals surface area contributed by atoms with Gasteiger partial charge in [0.25, 0.3) is 5.56 Å². The van der Waals surface area contributed by atoms with Crippen LogP contribution in [0.2, 0.25) is 0 Å². The van der Waals surface area contributed by atoms with Crippen molar-refractivity contribution in [2.75, 3.05) is 11.9 Å². The summed E-state index contributed by atoms with van der Waals surface area (Å²) in [5.74, 6) is 0. The summed E-state index contributed by atoms with van der Waals surface area (Å²) < 4.78 is 0. The van der Waals surface area contributed by atoms with Gasteiger partial charge in [-0.15, -0.1) is 0 Å². The number of aryl methyl sites for hydroxylation is 1. The summed E-state index contributed by atoms with van der Waals surface area (Å²) in [6.07, 6.45) is 2.75. The molecule has 0 fully saturated rings. The number of nitrogens with one attached hydrogen (secondary N) is 2. The molecule has 1 aromatic heterocycles. The van der Waals surface area contributed by atoms with Crippen LogP contribution in [0.1, 0.15) is 24.6 Å². The molecule has 0 unspecified atom stereocenters. The van der Waals surface area contributed by atoms with Gasteiger partial charge in [-0.05, 0) is 19.3 Å². The molecule has 4 nitrogen and oxygen atoms in total. The summed E-state index contributed by atoms with van der Waals surface area (Å²) in [6.45, 7) is 2.99. The predicted octanol–water partition coefficient (Wildman–Crippen LogP) is 0.690. The minimum atomic E-state index is -0.0422. The first-order valence-electron chi connectivity index (χ1n) is 4.67. The smallest absolute Gasteiger partial charge is 0.269 e. The number of nitrogens with zero attached hydrogens (tertiary/aromatic N) is 1. The SMILES string of the molecule is CCc1n[nH]c(=O)c2c1NCCC2. The van der Waals surface area contributed by atoms with Gasteiger partial charge < -0.3 is 5.32 Å². The van der Waals surface area contributed by atoms with E-state index >= 15 is 0 Å². The fourth-order valence-corrected chi connectivity index (χ4v) is 1.71. The van der Waals surface area contributed by atoms with Gasteiger partial charge in [-0.1, -0.05) is 6.92 Å². The van der Waals surface area contributed by atoms with Crippen LogP contribution >= 0.6 is 0 Å². The maximum atomic E-state index is 11.4. The van der Waals surface area contributed by atoms with Crippen molar-refractivity contribution in [3.8, 4) is 0 Å². The van der Waals surface area contributed by atoms with Crippen molar-refractivity contribution in [2.45, 2.75) is 26.2 Å². The Hall–Kier alpha value is -1.32. The molecular formula is C9H13N3O. The Morgan fingerprint density at radius 1 is 1.54 bits per heavy atom. The quantitative estimate of drug-likeness (QED) is 0.667. The van der Waals surface area contributed by atoms with Crippen molar-refractivity contribution in [2.24, 2.45) is 0 Å². The third-order valence-corrected chi connectivity index (χ3v) is 2.40. The zero-order valence-electron chi connectivity index (χ0n) is 7.68. The summed E-state index contributed by atoms with van der Waals surface area (Å²) in [5.41, 5.74) is 2.77. The van der Waals surface area contributed by atoms with Crippen molar-refractivity contribution in [1.29, 1.82) is 0 Å². The molecule has 2 heterocycles. The van der Waals surface area contributed by atoms with Gasteiger partial charge >= 0.3 is 0 Å². The predicted molar refractivity (Wildman–Crippen MR) is 51.0 cm³/mol. The maximum Gasteiger partial charge on any atom is 0.269 e. The maximum absolute atomic E-state index is 11.4. The minimum Gasteiger partial charge on any atom is -0.383 e. The van der Waals surface area contributed by atoms with Crippen molar-refractivity contribution in [3.05, 3.63) is 21.6 Å². The van der Waals surface area contributed by atoms with Crippen LogP contribution in [0.4, 0.5) is 5.69 Å². The van der Waals surface area contributed by atoms with Gasteiger partial charge in [-0.25, -0.2) is 5.10 Å². The van der Waals surface area contributed by atoms with Crippen molar-refractivity contribution < 1.29 is 0 Å². The van der Waals surface area contributed by atoms with Crippen LogP contribution in [0.25, 0.3) is 0 Å². The zero-order chi connectivity index (χ0) is 9.26. The van der Waals surface area contributed by atoms with Gasteiger partial charge in [0, 0.05) is 12.1 Å². The highest BCUT2D eigenvalue weighted by molar-refractivity contribution is 5.55. The molecule has 1 aliphatic rings. The number of anilines is 1. The van der Waals surface area contributed by atoms with E-state index in [1.807, 2.05) is 6.92 Å². The fourth-order valence-electron chi connectivity index (χ4n) is 1.71. The number of aromatic amines is 1. The topological polar surface area (TPSA) is 57.8 Å². The number of fused-ring (bicyclic) bond motifs is 1. The lowest BCUT2D eigenvalue weighted by Gasteiger charge is -2.18. The van der Waals surface area contributed by atoms with Crippen LogP contribution in [-0.2, 0) is 12.8 Å². The second-order valence-electron chi connectivity index (χ2n) is 3.24. The van der Waals surface area contributed by atoms with Crippen LogP contribution < -0.4 is 10.9 Å². The number of hydrogen-bond donors (Lipinski definition) is 2. The summed E-state index contributed by atoms with van der Waals surface area (Å²) in [7, 11) is 0. The summed E-state index contributed by atoms with van der Waals surface area (Å²) in [5, 5.41) is 9.78. The third kappa shape index (κ3) is 1.32. The number of rotatable bonds is 1. The summed E-state index contributed by atoms with van der Waals surface area (Å²) in [4.78, 5) is 11.4. The lowest BCUT2D eigenvalue weighted by Crippen LogP contribution is -2.24. The highest BCUT2D eigenvalue weighted by atomic mass is 16.1. The van der Waals surface area contributed by atoms with E-state index in [2.05, 4.69) is 15.5 Å². The van der Waals surface area contributed by atoms with Gasteiger partial charge in [0.05, 0.1) is 11.4 Å². The first kappa shape index (κ1) is 8.29. The van der Waals surface area contributed by atoms with E-state index in [1.165, 1.54) is 0 Å². The van der Waals surface area contributed by atoms with E-state index in [0.717, 1.165) is 42.8 Å². The molecule has 70 valence electrons. The molecular weight excluding hydrogens is 166 g/mol. The number of aromatic nitrogens is 2. The molecule has 0 bridgehead atoms. The molecule has 1 aliphatic heterocycles. The van der Waals surface area contributed by atoms with Crippen molar-refractivity contribution in [1.82, 2.24) is 10.2 Å². The standard InChI is InChI=1S/C9H13N3O/c1-2-7-8-6(4-3-5-10-8)9(13)12-11-7/h10H,2-5H2,1H3,(H,12,13). The lowest BCUT2D eigenvalue weighted by atomic mass is 10.0. The summed E-state index contributed by atoms with van der Waals surface area (Å²) in [6, 6.07) is 0. The van der Waals surface area contributed by atoms with Crippen LogP contribution in [0.3, 0.4) is 0 Å². The van der Waals surface area contributed by atoms with Crippen LogP contribution in [0, 0.1) is 0 Å². The highest BCUT2D eigenvalue weighted by Crippen LogP contribution is 2.20. The Kier molecular flexibility index (Phi) is 2.04.